The van der Waals surface area contributed by atoms with Crippen LogP contribution in [0.15, 0.2) is 5.38 Å². The van der Waals surface area contributed by atoms with Crippen molar-refractivity contribution in [1.29, 1.82) is 0 Å². The van der Waals surface area contributed by atoms with Crippen LogP contribution in [0.1, 0.15) is 23.7 Å². The maximum Gasteiger partial charge on any atom is 0.222 e. The average Bonchev–Trinajstić information content (AvgIpc) is 2.51. The second-order valence-corrected chi connectivity index (χ2v) is 6.84. The number of nitrogens with one attached hydrogen (secondary N) is 1. The summed E-state index contributed by atoms with van der Waals surface area (Å²) in [5.41, 5.74) is 0.912. The topological polar surface area (TPSA) is 59.1 Å². The number of alkyl halides is 1. The Morgan fingerprint density at radius 2 is 2.36 bits per heavy atom. The highest BCUT2D eigenvalue weighted by Gasteiger charge is 2.16. The van der Waals surface area contributed by atoms with E-state index < -0.39 is 10.0 Å². The van der Waals surface area contributed by atoms with Crippen molar-refractivity contribution in [2.24, 2.45) is 0 Å². The summed E-state index contributed by atoms with van der Waals surface area (Å²) in [5, 5.41) is 2.68. The number of hydrogen-bond acceptors (Lipinski definition) is 4. The van der Waals surface area contributed by atoms with Gasteiger partial charge in [-0.3, -0.25) is 0 Å². The van der Waals surface area contributed by atoms with Crippen molar-refractivity contribution in [2.75, 3.05) is 4.66 Å². The lowest BCUT2D eigenvalue weighted by Gasteiger charge is -2.09. The summed E-state index contributed by atoms with van der Waals surface area (Å²) in [6.45, 7) is 3.66. The van der Waals surface area contributed by atoms with Crippen molar-refractivity contribution >= 4 is 37.3 Å². The van der Waals surface area contributed by atoms with E-state index in [0.717, 1.165) is 10.7 Å². The number of sulfonamides is 1. The molecule has 0 fully saturated rings. The van der Waals surface area contributed by atoms with Crippen molar-refractivity contribution in [3.63, 3.8) is 0 Å². The Balaban J connectivity index is 2.73. The summed E-state index contributed by atoms with van der Waals surface area (Å²) in [5.74, 6) is 0. The maximum absolute atomic E-state index is 11.2. The second-order valence-electron chi connectivity index (χ2n) is 2.89. The first-order valence-electron chi connectivity index (χ1n) is 3.92. The van der Waals surface area contributed by atoms with Gasteiger partial charge in [0.15, 0.2) is 0 Å². The van der Waals surface area contributed by atoms with Crippen LogP contribution in [0, 0.1) is 6.92 Å². The zero-order valence-electron chi connectivity index (χ0n) is 7.82. The second kappa shape index (κ2) is 4.69. The third-order valence-corrected chi connectivity index (χ3v) is 5.46. The van der Waals surface area contributed by atoms with Gasteiger partial charge in [0.2, 0.25) is 10.0 Å². The molecule has 1 N–H and O–H groups in total. The third-order valence-electron chi connectivity index (χ3n) is 1.51. The predicted octanol–water partition coefficient (Wildman–Crippen LogP) is 1.78. The van der Waals surface area contributed by atoms with Gasteiger partial charge in [-0.25, -0.2) is 18.1 Å². The van der Waals surface area contributed by atoms with Gasteiger partial charge in [0, 0.05) is 11.1 Å². The fraction of sp³-hybridized carbons (Fsp3) is 0.571. The summed E-state index contributed by atoms with van der Waals surface area (Å²) in [4.78, 5) is 4.21. The number of hydrogen-bond donors (Lipinski definition) is 1. The van der Waals surface area contributed by atoms with Crippen LogP contribution in [0.4, 0.5) is 0 Å². The van der Waals surface area contributed by atoms with Crippen LogP contribution in [0.5, 0.6) is 0 Å². The van der Waals surface area contributed by atoms with Crippen LogP contribution in [0.2, 0.25) is 0 Å². The molecule has 7 heteroatoms. The van der Waals surface area contributed by atoms with Gasteiger partial charge in [-0.1, -0.05) is 15.9 Å². The van der Waals surface area contributed by atoms with Crippen LogP contribution in [0.3, 0.4) is 0 Å². The Morgan fingerprint density at radius 3 is 2.79 bits per heavy atom. The van der Waals surface area contributed by atoms with Gasteiger partial charge in [-0.05, 0) is 13.8 Å². The van der Waals surface area contributed by atoms with E-state index in [4.69, 9.17) is 0 Å². The van der Waals surface area contributed by atoms with Gasteiger partial charge < -0.3 is 0 Å². The molecule has 1 heterocycles. The molecule has 0 aliphatic heterocycles. The Morgan fingerprint density at radius 1 is 1.71 bits per heavy atom. The van der Waals surface area contributed by atoms with E-state index >= 15 is 0 Å². The Labute approximate surface area is 95.9 Å². The fourth-order valence-corrected chi connectivity index (χ4v) is 2.91. The minimum Gasteiger partial charge on any atom is -0.245 e. The molecule has 0 aliphatic carbocycles. The van der Waals surface area contributed by atoms with E-state index in [1.807, 2.05) is 12.3 Å². The molecule has 0 aromatic carbocycles. The summed E-state index contributed by atoms with van der Waals surface area (Å²) in [6.07, 6.45) is 0. The molecule has 1 aromatic rings. The molecule has 1 atom stereocenters. The summed E-state index contributed by atoms with van der Waals surface area (Å²) in [6, 6.07) is -0.267. The zero-order chi connectivity index (χ0) is 10.8. The molecular weight excluding hydrogens is 288 g/mol. The van der Waals surface area contributed by atoms with Crippen molar-refractivity contribution in [2.45, 2.75) is 19.9 Å². The smallest absolute Gasteiger partial charge is 0.222 e. The van der Waals surface area contributed by atoms with E-state index in [0.29, 0.717) is 0 Å². The van der Waals surface area contributed by atoms with Crippen molar-refractivity contribution in [3.05, 3.63) is 16.1 Å². The number of rotatable bonds is 4. The van der Waals surface area contributed by atoms with Gasteiger partial charge >= 0.3 is 0 Å². The number of halogens is 1. The number of aryl methyl sites for hydroxylation is 1. The maximum atomic E-state index is 11.2. The number of nitrogens with zero attached hydrogens (tertiary/aromatic N) is 1. The lowest BCUT2D eigenvalue weighted by atomic mass is 10.4. The summed E-state index contributed by atoms with van der Waals surface area (Å²) >= 11 is 4.37. The van der Waals surface area contributed by atoms with E-state index in [2.05, 4.69) is 25.6 Å². The molecule has 0 radical (unpaired) electrons. The zero-order valence-corrected chi connectivity index (χ0v) is 11.0. The minimum atomic E-state index is -3.22. The van der Waals surface area contributed by atoms with Gasteiger partial charge in [-0.15, -0.1) is 11.3 Å². The molecule has 1 aromatic heterocycles. The van der Waals surface area contributed by atoms with E-state index in [1.54, 1.807) is 6.92 Å². The van der Waals surface area contributed by atoms with E-state index in [-0.39, 0.29) is 10.7 Å². The molecule has 0 amide bonds. The Bertz CT molecular complexity index is 402. The van der Waals surface area contributed by atoms with Crippen molar-refractivity contribution in [3.8, 4) is 0 Å². The molecule has 0 saturated heterocycles. The van der Waals surface area contributed by atoms with Crippen LogP contribution in [-0.4, -0.2) is 18.1 Å². The number of aromatic nitrogens is 1. The van der Waals surface area contributed by atoms with Gasteiger partial charge in [0.05, 0.1) is 6.04 Å². The molecule has 14 heavy (non-hydrogen) atoms. The Kier molecular flexibility index (Phi) is 4.05. The predicted molar refractivity (Wildman–Crippen MR) is 61.1 cm³/mol. The Hall–Kier alpha value is 0.0200. The van der Waals surface area contributed by atoms with Crippen LogP contribution in [-0.2, 0) is 10.0 Å². The minimum absolute atomic E-state index is 0.0886. The molecule has 1 rings (SSSR count). The van der Waals surface area contributed by atoms with Crippen LogP contribution in [0.25, 0.3) is 0 Å². The third kappa shape index (κ3) is 3.30. The van der Waals surface area contributed by atoms with Crippen LogP contribution >= 0.6 is 27.3 Å². The first-order chi connectivity index (χ1) is 6.44. The van der Waals surface area contributed by atoms with Crippen molar-refractivity contribution in [1.82, 2.24) is 9.71 Å². The molecule has 1 unspecified atom stereocenters. The fourth-order valence-electron chi connectivity index (χ4n) is 0.922. The SMILES string of the molecule is Cc1csc(C(C)NS(=O)(=O)CBr)n1. The first kappa shape index (κ1) is 12.1. The van der Waals surface area contributed by atoms with E-state index in [9.17, 15) is 8.42 Å². The highest BCUT2D eigenvalue weighted by Crippen LogP contribution is 2.18. The quantitative estimate of drug-likeness (QED) is 0.862. The molecule has 80 valence electrons. The largest absolute Gasteiger partial charge is 0.245 e. The van der Waals surface area contributed by atoms with Gasteiger partial charge in [0.1, 0.15) is 9.67 Å². The standard InChI is InChI=1S/C7H11BrN2O2S2/c1-5-3-13-7(9-5)6(2)10-14(11,12)4-8/h3,6,10H,4H2,1-2H3. The molecule has 0 saturated carbocycles. The van der Waals surface area contributed by atoms with Gasteiger partial charge in [-0.2, -0.15) is 0 Å². The molecule has 0 spiro atoms. The lowest BCUT2D eigenvalue weighted by Crippen LogP contribution is -2.27. The van der Waals surface area contributed by atoms with E-state index in [1.165, 1.54) is 11.3 Å². The summed E-state index contributed by atoms with van der Waals surface area (Å²) < 4.78 is 24.8. The first-order valence-corrected chi connectivity index (χ1v) is 7.58. The highest BCUT2D eigenvalue weighted by atomic mass is 79.9. The lowest BCUT2D eigenvalue weighted by molar-refractivity contribution is 0.571. The molecular formula is C7H11BrN2O2S2. The molecule has 0 bridgehead atoms. The summed E-state index contributed by atoms with van der Waals surface area (Å²) in [7, 11) is -3.22. The molecule has 4 nitrogen and oxygen atoms in total. The van der Waals surface area contributed by atoms with Gasteiger partial charge in [0.25, 0.3) is 0 Å². The number of thiazole rings is 1. The average molecular weight is 299 g/mol. The monoisotopic (exact) mass is 298 g/mol. The van der Waals surface area contributed by atoms with Crippen molar-refractivity contribution < 1.29 is 8.42 Å². The normalized spacial score (nSPS) is 14.2. The highest BCUT2D eigenvalue weighted by molar-refractivity contribution is 9.10. The molecule has 0 aliphatic rings. The van der Waals surface area contributed by atoms with Crippen LogP contribution < -0.4 is 4.72 Å².